The Morgan fingerprint density at radius 3 is 2.71 bits per heavy atom. The normalized spacial score (nSPS) is 16.8. The number of hydrazone groups is 1. The van der Waals surface area contributed by atoms with Crippen molar-refractivity contribution in [3.63, 3.8) is 0 Å². The van der Waals surface area contributed by atoms with Crippen LogP contribution in [0.2, 0.25) is 0 Å². The molecule has 0 saturated heterocycles. The van der Waals surface area contributed by atoms with Crippen molar-refractivity contribution in [3.05, 3.63) is 83.3 Å². The largest absolute Gasteiger partial charge is 0.497 e. The summed E-state index contributed by atoms with van der Waals surface area (Å²) >= 11 is 0. The van der Waals surface area contributed by atoms with Crippen molar-refractivity contribution in [2.75, 3.05) is 19.0 Å². The minimum absolute atomic E-state index is 0.0512. The Morgan fingerprint density at radius 2 is 1.97 bits per heavy atom. The summed E-state index contributed by atoms with van der Waals surface area (Å²) in [6.07, 6.45) is 2.91. The maximum absolute atomic E-state index is 13.1. The van der Waals surface area contributed by atoms with Gasteiger partial charge < -0.3 is 19.2 Å². The molecule has 178 valence electrons. The first-order valence-corrected chi connectivity index (χ1v) is 11.2. The minimum atomic E-state index is -0.619. The predicted octanol–water partition coefficient (Wildman–Crippen LogP) is 3.71. The Balaban J connectivity index is 1.30. The number of hydrogen-bond acceptors (Lipinski definition) is 7. The zero-order valence-electron chi connectivity index (χ0n) is 19.0. The number of ether oxygens (including phenoxy) is 2. The summed E-state index contributed by atoms with van der Waals surface area (Å²) < 4.78 is 16.1. The highest BCUT2D eigenvalue weighted by molar-refractivity contribution is 6.03. The van der Waals surface area contributed by atoms with E-state index in [1.165, 1.54) is 5.01 Å². The average molecular weight is 473 g/mol. The van der Waals surface area contributed by atoms with E-state index in [-0.39, 0.29) is 5.91 Å². The molecule has 3 heterocycles. The fourth-order valence-corrected chi connectivity index (χ4v) is 4.19. The third-order valence-electron chi connectivity index (χ3n) is 6.02. The number of aryl methyl sites for hydroxylation is 1. The molecule has 9 nitrogen and oxygen atoms in total. The number of nitrogens with zero attached hydrogens (tertiary/aromatic N) is 2. The summed E-state index contributed by atoms with van der Waals surface area (Å²) in [6.45, 7) is -0.469. The molecule has 2 aromatic carbocycles. The number of nitrogens with one attached hydrogen (secondary N) is 1. The van der Waals surface area contributed by atoms with E-state index in [0.29, 0.717) is 42.0 Å². The first kappa shape index (κ1) is 22.4. The van der Waals surface area contributed by atoms with E-state index < -0.39 is 24.5 Å². The molecule has 0 bridgehead atoms. The van der Waals surface area contributed by atoms with Crippen LogP contribution in [-0.2, 0) is 20.7 Å². The number of rotatable bonds is 6. The average Bonchev–Trinajstić information content (AvgIpc) is 3.57. The highest BCUT2D eigenvalue weighted by atomic mass is 16.5. The lowest BCUT2D eigenvalue weighted by molar-refractivity contribution is -0.136. The van der Waals surface area contributed by atoms with Crippen LogP contribution in [0.5, 0.6) is 5.75 Å². The van der Waals surface area contributed by atoms with Gasteiger partial charge in [-0.15, -0.1) is 0 Å². The van der Waals surface area contributed by atoms with E-state index in [9.17, 15) is 14.4 Å². The number of anilines is 1. The standard InChI is InChI=1S/C26H23N3O6/c1-33-19-8-4-16(5-9-19)21-14-22(23-3-2-12-34-23)29(28-21)25(31)15-35-26(32)18-6-10-20-17(13-18)7-11-24(30)27-20/h2-6,8-10,12-13,22H,7,11,14-15H2,1H3,(H,27,30). The summed E-state index contributed by atoms with van der Waals surface area (Å²) in [7, 11) is 1.60. The number of amides is 2. The number of hydrogen-bond donors (Lipinski definition) is 1. The van der Waals surface area contributed by atoms with Gasteiger partial charge in [-0.05, 0) is 72.1 Å². The molecule has 5 rings (SSSR count). The number of carbonyl (C=O) groups is 3. The summed E-state index contributed by atoms with van der Waals surface area (Å²) in [6, 6.07) is 15.4. The van der Waals surface area contributed by atoms with Crippen molar-refractivity contribution in [1.82, 2.24) is 5.01 Å². The van der Waals surface area contributed by atoms with E-state index in [4.69, 9.17) is 13.9 Å². The molecular formula is C26H23N3O6. The molecule has 0 aliphatic carbocycles. The number of benzene rings is 2. The summed E-state index contributed by atoms with van der Waals surface area (Å²) in [5.74, 6) is 0.178. The number of methoxy groups -OCH3 is 1. The number of fused-ring (bicyclic) bond motifs is 1. The van der Waals surface area contributed by atoms with Gasteiger partial charge >= 0.3 is 5.97 Å². The fraction of sp³-hybridized carbons (Fsp3) is 0.231. The predicted molar refractivity (Wildman–Crippen MR) is 126 cm³/mol. The molecule has 1 N–H and O–H groups in total. The second kappa shape index (κ2) is 9.46. The van der Waals surface area contributed by atoms with E-state index >= 15 is 0 Å². The zero-order valence-corrected chi connectivity index (χ0v) is 19.0. The van der Waals surface area contributed by atoms with Gasteiger partial charge in [0.1, 0.15) is 17.6 Å². The second-order valence-electron chi connectivity index (χ2n) is 8.25. The molecule has 0 spiro atoms. The van der Waals surface area contributed by atoms with Crippen LogP contribution in [0.25, 0.3) is 0 Å². The lowest BCUT2D eigenvalue weighted by atomic mass is 10.0. The monoisotopic (exact) mass is 473 g/mol. The van der Waals surface area contributed by atoms with Crippen LogP contribution in [0.4, 0.5) is 5.69 Å². The molecular weight excluding hydrogens is 450 g/mol. The first-order valence-electron chi connectivity index (χ1n) is 11.2. The Morgan fingerprint density at radius 1 is 1.14 bits per heavy atom. The molecule has 0 fully saturated rings. The molecule has 2 aliphatic rings. The molecule has 1 atom stereocenters. The zero-order chi connectivity index (χ0) is 24.4. The smallest absolute Gasteiger partial charge is 0.338 e. The number of furan rings is 1. The van der Waals surface area contributed by atoms with E-state index in [0.717, 1.165) is 16.9 Å². The Labute approximate surface area is 201 Å². The van der Waals surface area contributed by atoms with Crippen molar-refractivity contribution in [2.45, 2.75) is 25.3 Å². The summed E-state index contributed by atoms with van der Waals surface area (Å²) in [5.41, 5.74) is 3.43. The van der Waals surface area contributed by atoms with Crippen LogP contribution in [0.1, 0.15) is 46.1 Å². The maximum Gasteiger partial charge on any atom is 0.338 e. The number of esters is 1. The van der Waals surface area contributed by atoms with Gasteiger partial charge in [0.05, 0.1) is 24.6 Å². The van der Waals surface area contributed by atoms with Gasteiger partial charge in [-0.1, -0.05) is 0 Å². The van der Waals surface area contributed by atoms with Crippen LogP contribution >= 0.6 is 0 Å². The SMILES string of the molecule is COc1ccc(C2=NN(C(=O)COC(=O)c3ccc4c(c3)CCC(=O)N4)C(c3ccco3)C2)cc1. The minimum Gasteiger partial charge on any atom is -0.497 e. The van der Waals surface area contributed by atoms with Crippen molar-refractivity contribution in [1.29, 1.82) is 0 Å². The van der Waals surface area contributed by atoms with Crippen LogP contribution in [0.3, 0.4) is 0 Å². The third kappa shape index (κ3) is 4.65. The molecule has 9 heteroatoms. The van der Waals surface area contributed by atoms with Gasteiger partial charge in [0.25, 0.3) is 5.91 Å². The topological polar surface area (TPSA) is 110 Å². The molecule has 1 unspecified atom stereocenters. The molecule has 2 aliphatic heterocycles. The lowest BCUT2D eigenvalue weighted by Crippen LogP contribution is -2.31. The van der Waals surface area contributed by atoms with Crippen molar-refractivity contribution < 1.29 is 28.3 Å². The Hall–Kier alpha value is -4.40. The van der Waals surface area contributed by atoms with E-state index in [1.54, 1.807) is 43.7 Å². The molecule has 35 heavy (non-hydrogen) atoms. The maximum atomic E-state index is 13.1. The van der Waals surface area contributed by atoms with E-state index in [2.05, 4.69) is 10.4 Å². The van der Waals surface area contributed by atoms with Gasteiger partial charge in [-0.25, -0.2) is 9.80 Å². The third-order valence-corrected chi connectivity index (χ3v) is 6.02. The highest BCUT2D eigenvalue weighted by Crippen LogP contribution is 2.33. The second-order valence-corrected chi connectivity index (χ2v) is 8.25. The lowest BCUT2D eigenvalue weighted by Gasteiger charge is -2.20. The first-order chi connectivity index (χ1) is 17.0. The van der Waals surface area contributed by atoms with Crippen LogP contribution in [-0.4, -0.2) is 42.2 Å². The van der Waals surface area contributed by atoms with Gasteiger partial charge in [-0.3, -0.25) is 9.59 Å². The number of carbonyl (C=O) groups excluding carboxylic acids is 3. The Bertz CT molecular complexity index is 1300. The van der Waals surface area contributed by atoms with Crippen molar-refractivity contribution in [3.8, 4) is 5.75 Å². The van der Waals surface area contributed by atoms with Crippen LogP contribution in [0, 0.1) is 0 Å². The van der Waals surface area contributed by atoms with Crippen molar-refractivity contribution in [2.24, 2.45) is 5.10 Å². The van der Waals surface area contributed by atoms with Gasteiger partial charge in [0.2, 0.25) is 5.91 Å². The molecule has 0 saturated carbocycles. The van der Waals surface area contributed by atoms with Crippen LogP contribution in [0.15, 0.2) is 70.4 Å². The van der Waals surface area contributed by atoms with Crippen LogP contribution < -0.4 is 10.1 Å². The fourth-order valence-electron chi connectivity index (χ4n) is 4.19. The molecule has 3 aromatic rings. The Kier molecular flexibility index (Phi) is 6.05. The molecule has 0 radical (unpaired) electrons. The van der Waals surface area contributed by atoms with Crippen molar-refractivity contribution >= 4 is 29.2 Å². The summed E-state index contributed by atoms with van der Waals surface area (Å²) in [4.78, 5) is 37.2. The van der Waals surface area contributed by atoms with Gasteiger partial charge in [0.15, 0.2) is 6.61 Å². The molecule has 2 amide bonds. The van der Waals surface area contributed by atoms with Gasteiger partial charge in [0, 0.05) is 18.5 Å². The molecule has 1 aromatic heterocycles. The summed E-state index contributed by atoms with van der Waals surface area (Å²) in [5, 5.41) is 8.62. The highest BCUT2D eigenvalue weighted by Gasteiger charge is 2.35. The van der Waals surface area contributed by atoms with E-state index in [1.807, 2.05) is 24.3 Å². The van der Waals surface area contributed by atoms with Gasteiger partial charge in [-0.2, -0.15) is 5.10 Å². The quantitative estimate of drug-likeness (QED) is 0.547.